The fraction of sp³-hybridized carbons (Fsp3) is 0.462. The maximum atomic E-state index is 10.4. The van der Waals surface area contributed by atoms with Crippen LogP contribution in [0.5, 0.6) is 5.75 Å². The summed E-state index contributed by atoms with van der Waals surface area (Å²) in [5.74, 6) is -0.00338. The highest BCUT2D eigenvalue weighted by Crippen LogP contribution is 2.13. The van der Waals surface area contributed by atoms with Gasteiger partial charge in [0.05, 0.1) is 6.61 Å². The number of aryl methyl sites for hydroxylation is 1. The molecule has 0 unspecified atom stereocenters. The van der Waals surface area contributed by atoms with Crippen molar-refractivity contribution < 1.29 is 19.7 Å². The summed E-state index contributed by atoms with van der Waals surface area (Å²) in [5, 5.41) is 17.2. The summed E-state index contributed by atoms with van der Waals surface area (Å²) in [6.45, 7) is 0.784. The van der Waals surface area contributed by atoms with Crippen LogP contribution in [0.1, 0.15) is 24.8 Å². The quantitative estimate of drug-likeness (QED) is 0.678. The van der Waals surface area contributed by atoms with Gasteiger partial charge in [-0.05, 0) is 37.0 Å². The average molecular weight is 238 g/mol. The Kier molecular flexibility index (Phi) is 6.10. The number of hydrogen-bond donors (Lipinski definition) is 2. The van der Waals surface area contributed by atoms with Crippen LogP contribution in [0.25, 0.3) is 0 Å². The highest BCUT2D eigenvalue weighted by atomic mass is 16.5. The number of aliphatic carboxylic acids is 1. The minimum absolute atomic E-state index is 0.150. The molecule has 1 aromatic rings. The molecule has 0 bridgehead atoms. The zero-order valence-electron chi connectivity index (χ0n) is 9.76. The highest BCUT2D eigenvalue weighted by Gasteiger charge is 1.99. The Bertz CT molecular complexity index is 332. The molecule has 0 aliphatic heterocycles. The number of rotatable bonds is 8. The molecule has 0 amide bonds. The number of carbonyl (C=O) groups is 1. The van der Waals surface area contributed by atoms with Gasteiger partial charge in [-0.3, -0.25) is 4.79 Å². The third kappa shape index (κ3) is 5.92. The molecule has 4 nitrogen and oxygen atoms in total. The zero-order chi connectivity index (χ0) is 12.5. The monoisotopic (exact) mass is 238 g/mol. The average Bonchev–Trinajstić information content (AvgIpc) is 2.33. The van der Waals surface area contributed by atoms with E-state index in [1.165, 1.54) is 0 Å². The maximum absolute atomic E-state index is 10.4. The molecule has 17 heavy (non-hydrogen) atoms. The smallest absolute Gasteiger partial charge is 0.303 e. The van der Waals surface area contributed by atoms with Gasteiger partial charge in [0.1, 0.15) is 5.75 Å². The van der Waals surface area contributed by atoms with Gasteiger partial charge >= 0.3 is 5.97 Å². The summed E-state index contributed by atoms with van der Waals surface area (Å²) in [6, 6.07) is 7.45. The topological polar surface area (TPSA) is 66.8 Å². The highest BCUT2D eigenvalue weighted by molar-refractivity contribution is 5.67. The fourth-order valence-electron chi connectivity index (χ4n) is 1.41. The second kappa shape index (κ2) is 7.68. The van der Waals surface area contributed by atoms with Crippen LogP contribution in [0.15, 0.2) is 24.3 Å². The molecule has 0 aromatic heterocycles. The van der Waals surface area contributed by atoms with Gasteiger partial charge in [-0.1, -0.05) is 12.1 Å². The van der Waals surface area contributed by atoms with Crippen LogP contribution in [0, 0.1) is 0 Å². The molecular formula is C13H18O4. The molecule has 0 aliphatic carbocycles. The van der Waals surface area contributed by atoms with Crippen molar-refractivity contribution in [2.75, 3.05) is 13.2 Å². The second-order valence-corrected chi connectivity index (χ2v) is 3.82. The minimum atomic E-state index is -0.783. The van der Waals surface area contributed by atoms with E-state index >= 15 is 0 Å². The van der Waals surface area contributed by atoms with Crippen LogP contribution in [-0.2, 0) is 11.2 Å². The van der Waals surface area contributed by atoms with E-state index in [-0.39, 0.29) is 13.0 Å². The molecular weight excluding hydrogens is 220 g/mol. The summed E-state index contributed by atoms with van der Waals surface area (Å²) in [7, 11) is 0. The third-order valence-corrected chi connectivity index (χ3v) is 2.37. The lowest BCUT2D eigenvalue weighted by atomic mass is 10.1. The van der Waals surface area contributed by atoms with Crippen LogP contribution >= 0.6 is 0 Å². The lowest BCUT2D eigenvalue weighted by Gasteiger charge is -2.06. The summed E-state index contributed by atoms with van der Waals surface area (Å²) < 4.78 is 5.46. The number of carboxylic acid groups (broad SMARTS) is 1. The summed E-state index contributed by atoms with van der Waals surface area (Å²) in [5.41, 5.74) is 0.995. The normalized spacial score (nSPS) is 10.2. The summed E-state index contributed by atoms with van der Waals surface area (Å²) in [4.78, 5) is 10.4. The van der Waals surface area contributed by atoms with Gasteiger partial charge in [-0.15, -0.1) is 0 Å². The Hall–Kier alpha value is -1.55. The van der Waals surface area contributed by atoms with Gasteiger partial charge in [0.15, 0.2) is 0 Å². The van der Waals surface area contributed by atoms with E-state index in [1.54, 1.807) is 0 Å². The van der Waals surface area contributed by atoms with E-state index in [4.69, 9.17) is 14.9 Å². The summed E-state index contributed by atoms with van der Waals surface area (Å²) >= 11 is 0. The number of ether oxygens (including phenoxy) is 1. The Morgan fingerprint density at radius 2 is 1.88 bits per heavy atom. The molecule has 1 aromatic carbocycles. The predicted octanol–water partition coefficient (Wildman–Crippen LogP) is 1.86. The van der Waals surface area contributed by atoms with Crippen molar-refractivity contribution in [3.8, 4) is 5.75 Å². The first-order valence-electron chi connectivity index (χ1n) is 5.77. The maximum Gasteiger partial charge on any atom is 0.303 e. The van der Waals surface area contributed by atoms with E-state index in [2.05, 4.69) is 0 Å². The first-order chi connectivity index (χ1) is 8.22. The SMILES string of the molecule is O=C(O)CCc1ccc(OCCCCO)cc1. The van der Waals surface area contributed by atoms with E-state index in [9.17, 15) is 4.79 Å². The number of carboxylic acids is 1. The molecule has 0 heterocycles. The van der Waals surface area contributed by atoms with Crippen molar-refractivity contribution in [1.29, 1.82) is 0 Å². The first-order valence-corrected chi connectivity index (χ1v) is 5.77. The van der Waals surface area contributed by atoms with Gasteiger partial charge in [0.25, 0.3) is 0 Å². The largest absolute Gasteiger partial charge is 0.494 e. The minimum Gasteiger partial charge on any atom is -0.494 e. The molecule has 0 saturated carbocycles. The van der Waals surface area contributed by atoms with Crippen LogP contribution < -0.4 is 4.74 Å². The van der Waals surface area contributed by atoms with Crippen molar-refractivity contribution in [2.24, 2.45) is 0 Å². The van der Waals surface area contributed by atoms with Gasteiger partial charge in [0.2, 0.25) is 0 Å². The second-order valence-electron chi connectivity index (χ2n) is 3.82. The Balaban J connectivity index is 2.31. The molecule has 2 N–H and O–H groups in total. The number of hydrogen-bond acceptors (Lipinski definition) is 3. The number of unbranched alkanes of at least 4 members (excludes halogenated alkanes) is 1. The van der Waals surface area contributed by atoms with Crippen LogP contribution in [0.4, 0.5) is 0 Å². The molecule has 0 aliphatic rings. The van der Waals surface area contributed by atoms with Gasteiger partial charge in [-0.25, -0.2) is 0 Å². The van der Waals surface area contributed by atoms with Crippen molar-refractivity contribution in [3.05, 3.63) is 29.8 Å². The Labute approximate surface area is 101 Å². The van der Waals surface area contributed by atoms with Crippen molar-refractivity contribution in [3.63, 3.8) is 0 Å². The van der Waals surface area contributed by atoms with Gasteiger partial charge < -0.3 is 14.9 Å². The van der Waals surface area contributed by atoms with Crippen LogP contribution in [0.3, 0.4) is 0 Å². The van der Waals surface area contributed by atoms with Gasteiger partial charge in [-0.2, -0.15) is 0 Å². The van der Waals surface area contributed by atoms with Crippen molar-refractivity contribution >= 4 is 5.97 Å². The molecule has 94 valence electrons. The standard InChI is InChI=1S/C13H18O4/c14-9-1-2-10-17-12-6-3-11(4-7-12)5-8-13(15)16/h3-4,6-7,14H,1-2,5,8-10H2,(H,15,16). The fourth-order valence-corrected chi connectivity index (χ4v) is 1.41. The predicted molar refractivity (Wildman–Crippen MR) is 64.2 cm³/mol. The number of benzene rings is 1. The Morgan fingerprint density at radius 3 is 2.47 bits per heavy atom. The van der Waals surface area contributed by atoms with Gasteiger partial charge in [0, 0.05) is 13.0 Å². The molecule has 0 spiro atoms. The molecule has 0 radical (unpaired) electrons. The van der Waals surface area contributed by atoms with E-state index in [1.807, 2.05) is 24.3 Å². The lowest BCUT2D eigenvalue weighted by Crippen LogP contribution is -1.99. The van der Waals surface area contributed by atoms with Crippen molar-refractivity contribution in [1.82, 2.24) is 0 Å². The molecule has 0 saturated heterocycles. The molecule has 1 rings (SSSR count). The van der Waals surface area contributed by atoms with E-state index in [0.717, 1.165) is 24.2 Å². The number of aliphatic hydroxyl groups excluding tert-OH is 1. The van der Waals surface area contributed by atoms with Crippen LogP contribution in [-0.4, -0.2) is 29.4 Å². The van der Waals surface area contributed by atoms with Crippen molar-refractivity contribution in [2.45, 2.75) is 25.7 Å². The van der Waals surface area contributed by atoms with E-state index < -0.39 is 5.97 Å². The third-order valence-electron chi connectivity index (χ3n) is 2.37. The van der Waals surface area contributed by atoms with E-state index in [0.29, 0.717) is 13.0 Å². The summed E-state index contributed by atoms with van der Waals surface area (Å²) in [6.07, 6.45) is 2.27. The molecule has 0 fully saturated rings. The Morgan fingerprint density at radius 1 is 1.18 bits per heavy atom. The first kappa shape index (κ1) is 13.5. The zero-order valence-corrected chi connectivity index (χ0v) is 9.76. The molecule has 0 atom stereocenters. The number of aliphatic hydroxyl groups is 1. The molecule has 4 heteroatoms. The lowest BCUT2D eigenvalue weighted by molar-refractivity contribution is -0.136. The van der Waals surface area contributed by atoms with Crippen LogP contribution in [0.2, 0.25) is 0 Å².